The Morgan fingerprint density at radius 2 is 1.94 bits per heavy atom. The topological polar surface area (TPSA) is 30.5 Å². The van der Waals surface area contributed by atoms with E-state index in [1.165, 1.54) is 18.4 Å². The molecule has 1 aromatic rings. The molecule has 0 bridgehead atoms. The summed E-state index contributed by atoms with van der Waals surface area (Å²) in [5.41, 5.74) is 1.22. The van der Waals surface area contributed by atoms with E-state index in [0.29, 0.717) is 0 Å². The van der Waals surface area contributed by atoms with Crippen molar-refractivity contribution in [3.63, 3.8) is 0 Å². The van der Waals surface area contributed by atoms with Crippen LogP contribution in [0.2, 0.25) is 0 Å². The molecule has 1 rings (SSSR count). The Morgan fingerprint density at radius 1 is 1.12 bits per heavy atom. The van der Waals surface area contributed by atoms with E-state index in [-0.39, 0.29) is 0 Å². The molecule has 17 heavy (non-hydrogen) atoms. The summed E-state index contributed by atoms with van der Waals surface area (Å²) in [6.45, 7) is 4.28. The van der Waals surface area contributed by atoms with E-state index < -0.39 is 0 Å². The summed E-state index contributed by atoms with van der Waals surface area (Å²) in [6, 6.07) is 5.98. The fourth-order valence-electron chi connectivity index (χ4n) is 1.71. The van der Waals surface area contributed by atoms with Gasteiger partial charge >= 0.3 is 0 Å². The summed E-state index contributed by atoms with van der Waals surface area (Å²) in [5, 5.41) is 3.43. The number of hydrogen-bond donors (Lipinski definition) is 1. The zero-order valence-corrected chi connectivity index (χ0v) is 11.1. The van der Waals surface area contributed by atoms with Crippen LogP contribution >= 0.6 is 0 Å². The lowest BCUT2D eigenvalue weighted by Crippen LogP contribution is -2.18. The summed E-state index contributed by atoms with van der Waals surface area (Å²) >= 11 is 0. The molecular formula is C14H23NO2. The van der Waals surface area contributed by atoms with Crippen LogP contribution in [0.1, 0.15) is 25.3 Å². The van der Waals surface area contributed by atoms with Crippen molar-refractivity contribution < 1.29 is 9.47 Å². The van der Waals surface area contributed by atoms with Crippen LogP contribution in [0.15, 0.2) is 18.2 Å². The average Bonchev–Trinajstić information content (AvgIpc) is 2.38. The first-order chi connectivity index (χ1) is 8.31. The van der Waals surface area contributed by atoms with Gasteiger partial charge in [-0.05, 0) is 37.6 Å². The normalized spacial score (nSPS) is 10.3. The van der Waals surface area contributed by atoms with Gasteiger partial charge in [-0.1, -0.05) is 19.4 Å². The number of nitrogens with one attached hydrogen (secondary N) is 1. The van der Waals surface area contributed by atoms with E-state index in [1.807, 2.05) is 12.1 Å². The molecular weight excluding hydrogens is 214 g/mol. The largest absolute Gasteiger partial charge is 0.497 e. The van der Waals surface area contributed by atoms with Crippen molar-refractivity contribution in [2.75, 3.05) is 27.3 Å². The highest BCUT2D eigenvalue weighted by Gasteiger charge is 2.04. The molecule has 0 fully saturated rings. The summed E-state index contributed by atoms with van der Waals surface area (Å²) in [5.74, 6) is 1.74. The molecule has 0 aromatic heterocycles. The molecule has 0 aliphatic carbocycles. The zero-order valence-electron chi connectivity index (χ0n) is 11.1. The number of ether oxygens (including phenoxy) is 2. The Bertz CT molecular complexity index is 326. The second-order valence-electron chi connectivity index (χ2n) is 4.03. The van der Waals surface area contributed by atoms with Gasteiger partial charge in [0.05, 0.1) is 14.2 Å². The smallest absolute Gasteiger partial charge is 0.125 e. The molecule has 1 N–H and O–H groups in total. The van der Waals surface area contributed by atoms with E-state index in [4.69, 9.17) is 9.47 Å². The van der Waals surface area contributed by atoms with Crippen molar-refractivity contribution in [2.24, 2.45) is 0 Å². The molecule has 96 valence electrons. The number of unbranched alkanes of at least 4 members (excludes halogenated alkanes) is 1. The van der Waals surface area contributed by atoms with Gasteiger partial charge < -0.3 is 14.8 Å². The van der Waals surface area contributed by atoms with Crippen LogP contribution in [0.25, 0.3) is 0 Å². The first kappa shape index (κ1) is 13.8. The summed E-state index contributed by atoms with van der Waals surface area (Å²) < 4.78 is 10.5. The van der Waals surface area contributed by atoms with E-state index in [9.17, 15) is 0 Å². The van der Waals surface area contributed by atoms with Crippen LogP contribution in [0.5, 0.6) is 11.5 Å². The highest BCUT2D eigenvalue weighted by atomic mass is 16.5. The molecule has 0 saturated heterocycles. The minimum Gasteiger partial charge on any atom is -0.497 e. The fraction of sp³-hybridized carbons (Fsp3) is 0.571. The zero-order chi connectivity index (χ0) is 12.5. The minimum atomic E-state index is 0.838. The van der Waals surface area contributed by atoms with Crippen LogP contribution in [0, 0.1) is 0 Å². The Kier molecular flexibility index (Phi) is 6.48. The Labute approximate surface area is 104 Å². The summed E-state index contributed by atoms with van der Waals surface area (Å²) in [6.07, 6.45) is 3.45. The van der Waals surface area contributed by atoms with Crippen molar-refractivity contribution >= 4 is 0 Å². The molecule has 3 nitrogen and oxygen atoms in total. The second-order valence-corrected chi connectivity index (χ2v) is 4.03. The molecule has 1 aromatic carbocycles. The van der Waals surface area contributed by atoms with Gasteiger partial charge in [0.1, 0.15) is 11.5 Å². The second kappa shape index (κ2) is 7.96. The van der Waals surface area contributed by atoms with Crippen molar-refractivity contribution in [1.82, 2.24) is 5.32 Å². The van der Waals surface area contributed by atoms with Gasteiger partial charge in [0.15, 0.2) is 0 Å². The van der Waals surface area contributed by atoms with E-state index in [0.717, 1.165) is 31.0 Å². The Morgan fingerprint density at radius 3 is 2.59 bits per heavy atom. The number of hydrogen-bond acceptors (Lipinski definition) is 3. The van der Waals surface area contributed by atoms with E-state index >= 15 is 0 Å². The highest BCUT2D eigenvalue weighted by Crippen LogP contribution is 2.24. The molecule has 3 heteroatoms. The molecule has 0 atom stereocenters. The maximum atomic E-state index is 5.36. The molecule has 0 heterocycles. The third-order valence-electron chi connectivity index (χ3n) is 2.77. The number of benzene rings is 1. The van der Waals surface area contributed by atoms with Crippen LogP contribution < -0.4 is 14.8 Å². The average molecular weight is 237 g/mol. The molecule has 0 aliphatic rings. The van der Waals surface area contributed by atoms with Crippen LogP contribution in [-0.2, 0) is 6.42 Å². The molecule has 0 unspecified atom stereocenters. The van der Waals surface area contributed by atoms with Gasteiger partial charge in [-0.3, -0.25) is 0 Å². The quantitative estimate of drug-likeness (QED) is 0.705. The van der Waals surface area contributed by atoms with Gasteiger partial charge in [0, 0.05) is 6.07 Å². The predicted octanol–water partition coefficient (Wildman–Crippen LogP) is 2.64. The predicted molar refractivity (Wildman–Crippen MR) is 71.0 cm³/mol. The lowest BCUT2D eigenvalue weighted by atomic mass is 10.1. The molecule has 0 spiro atoms. The summed E-state index contributed by atoms with van der Waals surface area (Å²) in [4.78, 5) is 0. The standard InChI is InChI=1S/C14H23NO2/c1-4-5-9-15-10-8-12-6-7-13(16-2)11-14(12)17-3/h6-7,11,15H,4-5,8-10H2,1-3H3. The van der Waals surface area contributed by atoms with Crippen molar-refractivity contribution in [1.29, 1.82) is 0 Å². The Hall–Kier alpha value is -1.22. The first-order valence-electron chi connectivity index (χ1n) is 6.23. The van der Waals surface area contributed by atoms with Crippen LogP contribution in [-0.4, -0.2) is 27.3 Å². The van der Waals surface area contributed by atoms with Crippen molar-refractivity contribution in [2.45, 2.75) is 26.2 Å². The number of rotatable bonds is 8. The minimum absolute atomic E-state index is 0.838. The molecule has 0 amide bonds. The molecule has 0 saturated carbocycles. The van der Waals surface area contributed by atoms with Gasteiger partial charge in [-0.15, -0.1) is 0 Å². The van der Waals surface area contributed by atoms with Gasteiger partial charge in [-0.25, -0.2) is 0 Å². The molecule has 0 aliphatic heterocycles. The van der Waals surface area contributed by atoms with Gasteiger partial charge in [-0.2, -0.15) is 0 Å². The monoisotopic (exact) mass is 237 g/mol. The maximum Gasteiger partial charge on any atom is 0.125 e. The van der Waals surface area contributed by atoms with E-state index in [2.05, 4.69) is 18.3 Å². The lowest BCUT2D eigenvalue weighted by Gasteiger charge is -2.10. The summed E-state index contributed by atoms with van der Waals surface area (Å²) in [7, 11) is 3.36. The highest BCUT2D eigenvalue weighted by molar-refractivity contribution is 5.40. The lowest BCUT2D eigenvalue weighted by molar-refractivity contribution is 0.390. The van der Waals surface area contributed by atoms with E-state index in [1.54, 1.807) is 14.2 Å². The first-order valence-corrected chi connectivity index (χ1v) is 6.23. The third-order valence-corrected chi connectivity index (χ3v) is 2.77. The van der Waals surface area contributed by atoms with Crippen molar-refractivity contribution in [3.05, 3.63) is 23.8 Å². The third kappa shape index (κ3) is 4.65. The fourth-order valence-corrected chi connectivity index (χ4v) is 1.71. The van der Waals surface area contributed by atoms with Crippen LogP contribution in [0.4, 0.5) is 0 Å². The number of methoxy groups -OCH3 is 2. The Balaban J connectivity index is 2.46. The maximum absolute atomic E-state index is 5.36. The van der Waals surface area contributed by atoms with Crippen molar-refractivity contribution in [3.8, 4) is 11.5 Å². The molecule has 0 radical (unpaired) electrons. The van der Waals surface area contributed by atoms with Gasteiger partial charge in [0.2, 0.25) is 0 Å². The van der Waals surface area contributed by atoms with Crippen LogP contribution in [0.3, 0.4) is 0 Å². The van der Waals surface area contributed by atoms with Gasteiger partial charge in [0.25, 0.3) is 0 Å². The SMILES string of the molecule is CCCCNCCc1ccc(OC)cc1OC.